The predicted molar refractivity (Wildman–Crippen MR) is 98.4 cm³/mol. The number of thiol groups is 1. The summed E-state index contributed by atoms with van der Waals surface area (Å²) in [5.41, 5.74) is -8.33. The van der Waals surface area contributed by atoms with Crippen molar-refractivity contribution in [3.63, 3.8) is 0 Å². The van der Waals surface area contributed by atoms with Gasteiger partial charge in [-0.05, 0) is 6.42 Å². The molecule has 37 heavy (non-hydrogen) atoms. The molecule has 0 N–H and O–H groups in total. The van der Waals surface area contributed by atoms with Crippen molar-refractivity contribution in [2.45, 2.75) is 69.7 Å². The molecule has 22 heteroatoms. The Balaban J connectivity index is 2.89. The normalized spacial score (nSPS) is 14.7. The Hall–Kier alpha value is -1.32. The maximum Gasteiger partial charge on any atom is 0.438 e. The molecule has 0 spiro atoms. The molecular formula is C15H11F15N2O2S3. The van der Waals surface area contributed by atoms with Gasteiger partial charge in [-0.25, -0.2) is 4.39 Å². The van der Waals surface area contributed by atoms with E-state index in [2.05, 4.69) is 27.6 Å². The van der Waals surface area contributed by atoms with E-state index >= 15 is 0 Å². The quantitative estimate of drug-likeness (QED) is 0.0885. The van der Waals surface area contributed by atoms with Gasteiger partial charge in [0.1, 0.15) is 0 Å². The Morgan fingerprint density at radius 3 is 1.76 bits per heavy atom. The molecule has 0 unspecified atom stereocenters. The second-order valence-corrected chi connectivity index (χ2v) is 9.90. The number of ether oxygens (including phenoxy) is 1. The summed E-state index contributed by atoms with van der Waals surface area (Å²) in [6, 6.07) is 0. The van der Waals surface area contributed by atoms with Crippen LogP contribution in [0.4, 0.5) is 65.9 Å². The van der Waals surface area contributed by atoms with Gasteiger partial charge in [0.25, 0.3) is 0 Å². The highest BCUT2D eigenvalue weighted by molar-refractivity contribution is 8.01. The topological polar surface area (TPSA) is 52.1 Å². The largest absolute Gasteiger partial charge is 0.466 e. The zero-order chi connectivity index (χ0) is 29.3. The molecule has 0 fully saturated rings. The van der Waals surface area contributed by atoms with Crippen molar-refractivity contribution >= 4 is 41.7 Å². The number of thioether (sulfide) groups is 1. The molecule has 0 aliphatic rings. The van der Waals surface area contributed by atoms with Gasteiger partial charge in [0.15, 0.2) is 8.68 Å². The third kappa shape index (κ3) is 6.47. The van der Waals surface area contributed by atoms with Crippen LogP contribution in [0.5, 0.6) is 0 Å². The van der Waals surface area contributed by atoms with Gasteiger partial charge in [-0.2, -0.15) is 61.5 Å². The number of aromatic nitrogens is 2. The lowest BCUT2D eigenvalue weighted by molar-refractivity contribution is -0.457. The van der Waals surface area contributed by atoms with Gasteiger partial charge in [0.2, 0.25) is 0 Å². The van der Waals surface area contributed by atoms with Crippen molar-refractivity contribution in [2.24, 2.45) is 0 Å². The molecule has 0 saturated heterocycles. The first-order valence-corrected chi connectivity index (χ1v) is 11.3. The SMILES string of the molecule is O=C(CCSc1nnc(S)s1)OCCCC(F)(F)C(F)(F)C(F)(F)C(F)(F)C(F)(C(F)(F)F)C(F)(F)F. The lowest BCUT2D eigenvalue weighted by atomic mass is 9.85. The first-order valence-electron chi connectivity index (χ1n) is 9.01. The first kappa shape index (κ1) is 33.7. The van der Waals surface area contributed by atoms with Crippen LogP contribution < -0.4 is 0 Å². The van der Waals surface area contributed by atoms with Crippen molar-refractivity contribution in [1.29, 1.82) is 0 Å². The number of halogens is 15. The van der Waals surface area contributed by atoms with Gasteiger partial charge in [0.05, 0.1) is 13.0 Å². The van der Waals surface area contributed by atoms with Crippen molar-refractivity contribution in [3.05, 3.63) is 0 Å². The number of carbonyl (C=O) groups excluding carboxylic acids is 1. The molecular weight excluding hydrogens is 621 g/mol. The third-order valence-electron chi connectivity index (χ3n) is 4.29. The van der Waals surface area contributed by atoms with E-state index in [0.717, 1.165) is 23.1 Å². The van der Waals surface area contributed by atoms with E-state index in [-0.39, 0.29) is 10.1 Å². The summed E-state index contributed by atoms with van der Waals surface area (Å²) in [5, 5.41) is 7.12. The van der Waals surface area contributed by atoms with Gasteiger partial charge >= 0.3 is 47.7 Å². The molecule has 1 heterocycles. The van der Waals surface area contributed by atoms with Crippen LogP contribution in [-0.4, -0.2) is 70.2 Å². The molecule has 0 aliphatic heterocycles. The molecule has 1 rings (SSSR count). The van der Waals surface area contributed by atoms with Crippen LogP contribution in [0.15, 0.2) is 8.68 Å². The van der Waals surface area contributed by atoms with Crippen LogP contribution in [0.2, 0.25) is 0 Å². The Morgan fingerprint density at radius 2 is 1.32 bits per heavy atom. The molecule has 0 aliphatic carbocycles. The summed E-state index contributed by atoms with van der Waals surface area (Å²) < 4.78 is 202. The summed E-state index contributed by atoms with van der Waals surface area (Å²) in [6.07, 6.45) is -20.4. The zero-order valence-electron chi connectivity index (χ0n) is 17.2. The molecule has 1 aromatic heterocycles. The second kappa shape index (κ2) is 11.0. The molecule has 0 bridgehead atoms. The number of nitrogens with zero attached hydrogens (tertiary/aromatic N) is 2. The Bertz CT molecular complexity index is 919. The lowest BCUT2D eigenvalue weighted by Gasteiger charge is -2.43. The summed E-state index contributed by atoms with van der Waals surface area (Å²) >= 11 is 5.83. The maximum atomic E-state index is 13.7. The highest BCUT2D eigenvalue weighted by atomic mass is 32.2. The van der Waals surface area contributed by atoms with E-state index < -0.39 is 73.6 Å². The molecule has 4 nitrogen and oxygen atoms in total. The average molecular weight is 632 g/mol. The minimum atomic E-state index is -8.45. The van der Waals surface area contributed by atoms with Gasteiger partial charge < -0.3 is 4.74 Å². The van der Waals surface area contributed by atoms with Gasteiger partial charge in [0, 0.05) is 12.2 Å². The number of carbonyl (C=O) groups is 1. The number of alkyl halides is 15. The smallest absolute Gasteiger partial charge is 0.438 e. The van der Waals surface area contributed by atoms with Crippen molar-refractivity contribution in [1.82, 2.24) is 10.2 Å². The van der Waals surface area contributed by atoms with E-state index in [9.17, 15) is 70.7 Å². The fraction of sp³-hybridized carbons (Fsp3) is 0.800. The Labute approximate surface area is 209 Å². The fourth-order valence-electron chi connectivity index (χ4n) is 2.35. The molecule has 216 valence electrons. The number of rotatable bonds is 12. The Kier molecular flexibility index (Phi) is 10.1. The molecule has 0 saturated carbocycles. The summed E-state index contributed by atoms with van der Waals surface area (Å²) in [6.45, 7) is -1.21. The average Bonchev–Trinajstić information content (AvgIpc) is 3.13. The standard InChI is InChI=1S/C15H11F15N2O2S3/c16-9(17,3-1-4-34-6(33)2-5-36-8-32-31-7(35)37-8)11(19,20)13(23,24)12(21,22)10(18,14(25,26)27)15(28,29)30/h1-5H2,(H,31,35). The van der Waals surface area contributed by atoms with Crippen LogP contribution in [0.25, 0.3) is 0 Å². The zero-order valence-corrected chi connectivity index (χ0v) is 19.7. The number of hydrogen-bond donors (Lipinski definition) is 1. The highest BCUT2D eigenvalue weighted by Crippen LogP contribution is 2.64. The van der Waals surface area contributed by atoms with E-state index in [0.29, 0.717) is 4.34 Å². The molecule has 0 amide bonds. The van der Waals surface area contributed by atoms with E-state index in [1.165, 1.54) is 0 Å². The number of esters is 1. The highest BCUT2D eigenvalue weighted by Gasteiger charge is 2.95. The van der Waals surface area contributed by atoms with E-state index in [4.69, 9.17) is 0 Å². The summed E-state index contributed by atoms with van der Waals surface area (Å²) in [5.74, 6) is -31.9. The second-order valence-electron chi connectivity index (χ2n) is 6.85. The van der Waals surface area contributed by atoms with Gasteiger partial charge in [-0.3, -0.25) is 4.79 Å². The van der Waals surface area contributed by atoms with Crippen molar-refractivity contribution in [2.75, 3.05) is 12.4 Å². The molecule has 1 aromatic rings. The molecule has 0 atom stereocenters. The van der Waals surface area contributed by atoms with Gasteiger partial charge in [-0.15, -0.1) is 22.8 Å². The fourth-order valence-corrected chi connectivity index (χ4v) is 4.43. The van der Waals surface area contributed by atoms with E-state index in [1.54, 1.807) is 0 Å². The van der Waals surface area contributed by atoms with Crippen LogP contribution in [0.3, 0.4) is 0 Å². The van der Waals surface area contributed by atoms with Crippen LogP contribution >= 0.6 is 35.7 Å². The summed E-state index contributed by atoms with van der Waals surface area (Å²) in [4.78, 5) is 11.5. The van der Waals surface area contributed by atoms with Gasteiger partial charge in [-0.1, -0.05) is 23.1 Å². The number of hydrogen-bond acceptors (Lipinski definition) is 7. The van der Waals surface area contributed by atoms with Crippen LogP contribution in [0.1, 0.15) is 19.3 Å². The first-order chi connectivity index (χ1) is 16.4. The third-order valence-corrected chi connectivity index (χ3v) is 6.51. The minimum absolute atomic E-state index is 0.0276. The Morgan fingerprint density at radius 1 is 0.811 bits per heavy atom. The van der Waals surface area contributed by atoms with Crippen LogP contribution in [-0.2, 0) is 9.53 Å². The van der Waals surface area contributed by atoms with Crippen molar-refractivity contribution in [3.8, 4) is 0 Å². The van der Waals surface area contributed by atoms with E-state index in [1.807, 2.05) is 0 Å². The monoisotopic (exact) mass is 632 g/mol. The van der Waals surface area contributed by atoms with Crippen molar-refractivity contribution < 1.29 is 75.4 Å². The molecule has 0 radical (unpaired) electrons. The molecule has 0 aromatic carbocycles. The minimum Gasteiger partial charge on any atom is -0.466 e. The predicted octanol–water partition coefficient (Wildman–Crippen LogP) is 7.01. The lowest BCUT2D eigenvalue weighted by Crippen LogP contribution is -2.75. The van der Waals surface area contributed by atoms with Crippen LogP contribution in [0, 0.1) is 0 Å². The summed E-state index contributed by atoms with van der Waals surface area (Å²) in [7, 11) is 0. The maximum absolute atomic E-state index is 13.7.